The summed E-state index contributed by atoms with van der Waals surface area (Å²) >= 11 is 0. The molecule has 1 aliphatic heterocycles. The molecule has 2 amide bonds. The molecule has 1 aromatic carbocycles. The van der Waals surface area contributed by atoms with Crippen LogP contribution >= 0.6 is 0 Å². The van der Waals surface area contributed by atoms with Crippen LogP contribution in [0.2, 0.25) is 0 Å². The van der Waals surface area contributed by atoms with Gasteiger partial charge >= 0.3 is 6.03 Å². The van der Waals surface area contributed by atoms with Crippen molar-refractivity contribution in [3.8, 4) is 0 Å². The van der Waals surface area contributed by atoms with E-state index in [9.17, 15) is 4.79 Å². The molecule has 5 heteroatoms. The monoisotopic (exact) mass is 275 g/mol. The van der Waals surface area contributed by atoms with Gasteiger partial charge in [-0.1, -0.05) is 35.5 Å². The smallest absolute Gasteiger partial charge is 0.317 e. The summed E-state index contributed by atoms with van der Waals surface area (Å²) in [6.45, 7) is 5.72. The van der Waals surface area contributed by atoms with E-state index >= 15 is 0 Å². The molecule has 1 heterocycles. The van der Waals surface area contributed by atoms with Crippen molar-refractivity contribution >= 4 is 11.7 Å². The van der Waals surface area contributed by atoms with Gasteiger partial charge in [-0.15, -0.1) is 0 Å². The minimum Gasteiger partial charge on any atom is -0.390 e. The number of nitrogens with one attached hydrogen (secondary N) is 1. The Hall–Kier alpha value is -2.04. The number of oxime groups is 1. The molecule has 0 radical (unpaired) electrons. The van der Waals surface area contributed by atoms with Gasteiger partial charge in [0.2, 0.25) is 0 Å². The van der Waals surface area contributed by atoms with E-state index < -0.39 is 0 Å². The van der Waals surface area contributed by atoms with E-state index in [2.05, 4.69) is 10.5 Å². The van der Waals surface area contributed by atoms with Crippen molar-refractivity contribution in [3.05, 3.63) is 35.9 Å². The number of likely N-dealkylation sites (N-methyl/N-ethyl adjacent to an activating group) is 1. The van der Waals surface area contributed by atoms with Gasteiger partial charge in [-0.2, -0.15) is 0 Å². The SMILES string of the molecule is CCNC(=O)N(CC)CC1CC(c2ccccc2)=NO1. The number of urea groups is 1. The maximum absolute atomic E-state index is 11.8. The second-order valence-electron chi connectivity index (χ2n) is 4.71. The molecular weight excluding hydrogens is 254 g/mol. The first-order valence-electron chi connectivity index (χ1n) is 7.05. The van der Waals surface area contributed by atoms with Gasteiger partial charge in [0.05, 0.1) is 12.3 Å². The number of nitrogens with zero attached hydrogens (tertiary/aromatic N) is 2. The molecule has 0 aromatic heterocycles. The summed E-state index contributed by atoms with van der Waals surface area (Å²) in [5.74, 6) is 0. The van der Waals surface area contributed by atoms with E-state index in [1.807, 2.05) is 44.2 Å². The van der Waals surface area contributed by atoms with Crippen molar-refractivity contribution in [2.45, 2.75) is 26.4 Å². The van der Waals surface area contributed by atoms with E-state index in [-0.39, 0.29) is 12.1 Å². The van der Waals surface area contributed by atoms with Crippen LogP contribution in [-0.4, -0.2) is 42.4 Å². The molecule has 1 atom stereocenters. The molecule has 5 nitrogen and oxygen atoms in total. The second kappa shape index (κ2) is 6.93. The first kappa shape index (κ1) is 14.4. The molecular formula is C15H21N3O2. The molecule has 2 rings (SSSR count). The van der Waals surface area contributed by atoms with Gasteiger partial charge in [0.1, 0.15) is 0 Å². The van der Waals surface area contributed by atoms with Crippen LogP contribution in [0.25, 0.3) is 0 Å². The summed E-state index contributed by atoms with van der Waals surface area (Å²) in [7, 11) is 0. The van der Waals surface area contributed by atoms with Gasteiger partial charge < -0.3 is 15.1 Å². The van der Waals surface area contributed by atoms with Gasteiger partial charge in [-0.3, -0.25) is 0 Å². The fraction of sp³-hybridized carbons (Fsp3) is 0.467. The van der Waals surface area contributed by atoms with Gasteiger partial charge in [0, 0.05) is 19.5 Å². The minimum atomic E-state index is -0.0623. The van der Waals surface area contributed by atoms with E-state index in [4.69, 9.17) is 4.84 Å². The standard InChI is InChI=1S/C15H21N3O2/c1-3-16-15(19)18(4-2)11-13-10-14(17-20-13)12-8-6-5-7-9-12/h5-9,13H,3-4,10-11H2,1-2H3,(H,16,19). The maximum Gasteiger partial charge on any atom is 0.317 e. The molecule has 108 valence electrons. The van der Waals surface area contributed by atoms with Crippen LogP contribution in [0.5, 0.6) is 0 Å². The lowest BCUT2D eigenvalue weighted by molar-refractivity contribution is 0.0617. The fourth-order valence-corrected chi connectivity index (χ4v) is 2.19. The maximum atomic E-state index is 11.8. The lowest BCUT2D eigenvalue weighted by Gasteiger charge is -2.23. The Bertz CT molecular complexity index is 473. The Balaban J connectivity index is 1.90. The molecule has 20 heavy (non-hydrogen) atoms. The molecule has 0 fully saturated rings. The van der Waals surface area contributed by atoms with Crippen LogP contribution in [-0.2, 0) is 4.84 Å². The van der Waals surface area contributed by atoms with Crippen LogP contribution in [0.1, 0.15) is 25.8 Å². The normalized spacial score (nSPS) is 17.3. The van der Waals surface area contributed by atoms with Gasteiger partial charge in [0.25, 0.3) is 0 Å². The Labute approximate surface area is 119 Å². The molecule has 0 saturated heterocycles. The third kappa shape index (κ3) is 3.50. The highest BCUT2D eigenvalue weighted by Crippen LogP contribution is 2.17. The van der Waals surface area contributed by atoms with Crippen molar-refractivity contribution in [1.82, 2.24) is 10.2 Å². The lowest BCUT2D eigenvalue weighted by Crippen LogP contribution is -2.43. The summed E-state index contributed by atoms with van der Waals surface area (Å²) in [6.07, 6.45) is 0.674. The van der Waals surface area contributed by atoms with Crippen molar-refractivity contribution in [1.29, 1.82) is 0 Å². The number of rotatable bonds is 5. The van der Waals surface area contributed by atoms with E-state index in [0.717, 1.165) is 17.7 Å². The largest absolute Gasteiger partial charge is 0.390 e. The minimum absolute atomic E-state index is 0.0493. The number of hydrogen-bond donors (Lipinski definition) is 1. The average Bonchev–Trinajstić information content (AvgIpc) is 2.94. The number of carbonyl (C=O) groups is 1. The van der Waals surface area contributed by atoms with Crippen LogP contribution in [0.15, 0.2) is 35.5 Å². The number of carbonyl (C=O) groups excluding carboxylic acids is 1. The summed E-state index contributed by atoms with van der Waals surface area (Å²) in [6, 6.07) is 9.94. The topological polar surface area (TPSA) is 53.9 Å². The third-order valence-corrected chi connectivity index (χ3v) is 3.26. The molecule has 1 unspecified atom stereocenters. The lowest BCUT2D eigenvalue weighted by atomic mass is 10.1. The molecule has 1 N–H and O–H groups in total. The zero-order valence-electron chi connectivity index (χ0n) is 12.0. The average molecular weight is 275 g/mol. The van der Waals surface area contributed by atoms with Crippen LogP contribution in [0.4, 0.5) is 4.79 Å². The highest BCUT2D eigenvalue weighted by Gasteiger charge is 2.25. The molecule has 0 aliphatic carbocycles. The van der Waals surface area contributed by atoms with Gasteiger partial charge in [0.15, 0.2) is 6.10 Å². The highest BCUT2D eigenvalue weighted by atomic mass is 16.6. The zero-order chi connectivity index (χ0) is 14.4. The van der Waals surface area contributed by atoms with Crippen molar-refractivity contribution in [2.75, 3.05) is 19.6 Å². The Kier molecular flexibility index (Phi) is 4.98. The van der Waals surface area contributed by atoms with Crippen molar-refractivity contribution in [2.24, 2.45) is 5.16 Å². The zero-order valence-corrected chi connectivity index (χ0v) is 12.0. The Morgan fingerprint density at radius 1 is 1.40 bits per heavy atom. The molecule has 0 saturated carbocycles. The van der Waals surface area contributed by atoms with Crippen molar-refractivity contribution < 1.29 is 9.63 Å². The first-order chi connectivity index (χ1) is 9.74. The highest BCUT2D eigenvalue weighted by molar-refractivity contribution is 6.01. The van der Waals surface area contributed by atoms with Gasteiger partial charge in [-0.05, 0) is 19.4 Å². The quantitative estimate of drug-likeness (QED) is 0.896. The number of benzene rings is 1. The van der Waals surface area contributed by atoms with Gasteiger partial charge in [-0.25, -0.2) is 4.79 Å². The number of hydrogen-bond acceptors (Lipinski definition) is 3. The molecule has 0 spiro atoms. The van der Waals surface area contributed by atoms with E-state index in [0.29, 0.717) is 19.6 Å². The predicted molar refractivity (Wildman–Crippen MR) is 78.8 cm³/mol. The molecule has 1 aromatic rings. The predicted octanol–water partition coefficient (Wildman–Crippen LogP) is 2.23. The van der Waals surface area contributed by atoms with Crippen LogP contribution in [0, 0.1) is 0 Å². The van der Waals surface area contributed by atoms with Crippen LogP contribution in [0.3, 0.4) is 0 Å². The first-order valence-corrected chi connectivity index (χ1v) is 7.05. The van der Waals surface area contributed by atoms with E-state index in [1.165, 1.54) is 0 Å². The van der Waals surface area contributed by atoms with E-state index in [1.54, 1.807) is 4.90 Å². The Morgan fingerprint density at radius 3 is 2.80 bits per heavy atom. The molecule has 1 aliphatic rings. The molecule has 0 bridgehead atoms. The summed E-state index contributed by atoms with van der Waals surface area (Å²) in [4.78, 5) is 19.0. The van der Waals surface area contributed by atoms with Crippen molar-refractivity contribution in [3.63, 3.8) is 0 Å². The fourth-order valence-electron chi connectivity index (χ4n) is 2.19. The summed E-state index contributed by atoms with van der Waals surface area (Å²) in [5.41, 5.74) is 2.03. The Morgan fingerprint density at radius 2 is 2.15 bits per heavy atom. The summed E-state index contributed by atoms with van der Waals surface area (Å²) in [5, 5.41) is 6.95. The summed E-state index contributed by atoms with van der Waals surface area (Å²) < 4.78 is 0. The van der Waals surface area contributed by atoms with Crippen LogP contribution < -0.4 is 5.32 Å². The second-order valence-corrected chi connectivity index (χ2v) is 4.71. The number of amides is 2. The third-order valence-electron chi connectivity index (χ3n) is 3.26.